The molecule has 3 rings (SSSR count). The SMILES string of the molecule is CN1CC(NSc2ccc(NC(=O)CNC(=O)c3ccc(F)cc3)cc2)C1. The van der Waals surface area contributed by atoms with Crippen LogP contribution in [0.15, 0.2) is 53.4 Å². The van der Waals surface area contributed by atoms with Crippen molar-refractivity contribution in [3.05, 3.63) is 59.9 Å². The summed E-state index contributed by atoms with van der Waals surface area (Å²) in [5.41, 5.74) is 0.958. The van der Waals surface area contributed by atoms with Gasteiger partial charge >= 0.3 is 0 Å². The minimum atomic E-state index is -0.426. The number of hydrogen-bond acceptors (Lipinski definition) is 5. The van der Waals surface area contributed by atoms with Crippen LogP contribution >= 0.6 is 11.9 Å². The molecule has 0 unspecified atom stereocenters. The van der Waals surface area contributed by atoms with Crippen LogP contribution in [0.1, 0.15) is 10.4 Å². The lowest BCUT2D eigenvalue weighted by atomic mass is 10.2. The Morgan fingerprint density at radius 2 is 1.78 bits per heavy atom. The van der Waals surface area contributed by atoms with Gasteiger partial charge in [0.25, 0.3) is 5.91 Å². The third-order valence-electron chi connectivity index (χ3n) is 4.06. The van der Waals surface area contributed by atoms with E-state index < -0.39 is 11.7 Å². The van der Waals surface area contributed by atoms with Crippen LogP contribution in [0.2, 0.25) is 0 Å². The molecule has 2 aromatic rings. The third kappa shape index (κ3) is 5.78. The number of nitrogens with one attached hydrogen (secondary N) is 3. The molecule has 0 aliphatic carbocycles. The van der Waals surface area contributed by atoms with Crippen molar-refractivity contribution in [1.29, 1.82) is 0 Å². The molecule has 0 bridgehead atoms. The van der Waals surface area contributed by atoms with Gasteiger partial charge in [0.05, 0.1) is 6.54 Å². The molecule has 1 fully saturated rings. The summed E-state index contributed by atoms with van der Waals surface area (Å²) in [5, 5.41) is 5.24. The molecule has 6 nitrogen and oxygen atoms in total. The average molecular weight is 388 g/mol. The molecule has 27 heavy (non-hydrogen) atoms. The van der Waals surface area contributed by atoms with E-state index in [2.05, 4.69) is 27.3 Å². The number of hydrogen-bond donors (Lipinski definition) is 3. The minimum Gasteiger partial charge on any atom is -0.343 e. The van der Waals surface area contributed by atoms with Crippen LogP contribution in [0.5, 0.6) is 0 Å². The number of likely N-dealkylation sites (tertiary alicyclic amines) is 1. The first-order chi connectivity index (χ1) is 13.0. The molecule has 2 amide bonds. The Hall–Kier alpha value is -2.42. The average Bonchev–Trinajstić information content (AvgIpc) is 2.64. The fraction of sp³-hybridized carbons (Fsp3) is 0.263. The Bertz CT molecular complexity index is 792. The van der Waals surface area contributed by atoms with Crippen molar-refractivity contribution in [2.75, 3.05) is 32.0 Å². The van der Waals surface area contributed by atoms with Crippen LogP contribution in [0.25, 0.3) is 0 Å². The quantitative estimate of drug-likeness (QED) is 0.634. The van der Waals surface area contributed by atoms with Crippen molar-refractivity contribution >= 4 is 29.4 Å². The van der Waals surface area contributed by atoms with Crippen LogP contribution in [0, 0.1) is 5.82 Å². The summed E-state index contributed by atoms with van der Waals surface area (Å²) < 4.78 is 16.3. The van der Waals surface area contributed by atoms with E-state index in [0.717, 1.165) is 18.0 Å². The summed E-state index contributed by atoms with van der Waals surface area (Å²) in [6.07, 6.45) is 0. The molecule has 0 radical (unpaired) electrons. The molecule has 1 heterocycles. The lowest BCUT2D eigenvalue weighted by molar-refractivity contribution is -0.115. The number of benzene rings is 2. The first-order valence-corrected chi connectivity index (χ1v) is 9.36. The predicted molar refractivity (Wildman–Crippen MR) is 104 cm³/mol. The number of carbonyl (C=O) groups is 2. The monoisotopic (exact) mass is 388 g/mol. The Balaban J connectivity index is 1.40. The van der Waals surface area contributed by atoms with Crippen molar-refractivity contribution in [2.24, 2.45) is 0 Å². The molecular weight excluding hydrogens is 367 g/mol. The fourth-order valence-electron chi connectivity index (χ4n) is 2.60. The van der Waals surface area contributed by atoms with Gasteiger partial charge in [-0.05, 0) is 67.5 Å². The maximum Gasteiger partial charge on any atom is 0.251 e. The normalized spacial score (nSPS) is 14.4. The van der Waals surface area contributed by atoms with Gasteiger partial charge in [0.1, 0.15) is 5.82 Å². The van der Waals surface area contributed by atoms with Gasteiger partial charge in [-0.1, -0.05) is 0 Å². The molecule has 1 saturated heterocycles. The number of rotatable bonds is 7. The highest BCUT2D eigenvalue weighted by atomic mass is 32.2. The van der Waals surface area contributed by atoms with Crippen LogP contribution in [-0.2, 0) is 4.79 Å². The van der Waals surface area contributed by atoms with E-state index in [4.69, 9.17) is 0 Å². The van der Waals surface area contributed by atoms with E-state index in [-0.39, 0.29) is 12.5 Å². The van der Waals surface area contributed by atoms with Crippen molar-refractivity contribution in [3.63, 3.8) is 0 Å². The second kappa shape index (κ2) is 8.98. The smallest absolute Gasteiger partial charge is 0.251 e. The molecule has 142 valence electrons. The van der Waals surface area contributed by atoms with Gasteiger partial charge in [-0.2, -0.15) is 0 Å². The summed E-state index contributed by atoms with van der Waals surface area (Å²) in [7, 11) is 2.09. The molecule has 2 aromatic carbocycles. The zero-order valence-corrected chi connectivity index (χ0v) is 15.7. The third-order valence-corrected chi connectivity index (χ3v) is 5.02. The molecule has 3 N–H and O–H groups in total. The Morgan fingerprint density at radius 3 is 2.41 bits per heavy atom. The Labute approximate surface area is 161 Å². The summed E-state index contributed by atoms with van der Waals surface area (Å²) in [5.74, 6) is -1.17. The van der Waals surface area contributed by atoms with Crippen LogP contribution < -0.4 is 15.4 Å². The maximum atomic E-state index is 12.9. The standard InChI is InChI=1S/C19H21FN4O2S/c1-24-11-16(12-24)23-27-17-8-6-15(7-9-17)22-18(25)10-21-19(26)13-2-4-14(20)5-3-13/h2-9,16,23H,10-12H2,1H3,(H,21,26)(H,22,25). The van der Waals surface area contributed by atoms with Gasteiger partial charge < -0.3 is 15.5 Å². The van der Waals surface area contributed by atoms with Crippen LogP contribution in [-0.4, -0.2) is 49.4 Å². The summed E-state index contributed by atoms with van der Waals surface area (Å²) >= 11 is 1.57. The highest BCUT2D eigenvalue weighted by molar-refractivity contribution is 7.97. The van der Waals surface area contributed by atoms with Crippen LogP contribution in [0.3, 0.4) is 0 Å². The highest BCUT2D eigenvalue weighted by Crippen LogP contribution is 2.20. The lowest BCUT2D eigenvalue weighted by Gasteiger charge is -2.36. The zero-order valence-electron chi connectivity index (χ0n) is 14.9. The van der Waals surface area contributed by atoms with E-state index in [1.807, 2.05) is 24.3 Å². The number of amides is 2. The number of carbonyl (C=O) groups excluding carboxylic acids is 2. The zero-order chi connectivity index (χ0) is 19.2. The van der Waals surface area contributed by atoms with Crippen LogP contribution in [0.4, 0.5) is 10.1 Å². The van der Waals surface area contributed by atoms with Gasteiger partial charge in [0.2, 0.25) is 5.91 Å². The molecule has 8 heteroatoms. The second-order valence-corrected chi connectivity index (χ2v) is 7.31. The first kappa shape index (κ1) is 19.3. The Morgan fingerprint density at radius 1 is 1.11 bits per heavy atom. The molecule has 0 spiro atoms. The Kier molecular flexibility index (Phi) is 6.44. The number of nitrogens with zero attached hydrogens (tertiary/aromatic N) is 1. The molecule has 1 aliphatic heterocycles. The van der Waals surface area contributed by atoms with Gasteiger partial charge in [-0.25, -0.2) is 4.39 Å². The topological polar surface area (TPSA) is 73.5 Å². The molecule has 0 aromatic heterocycles. The maximum absolute atomic E-state index is 12.9. The molecule has 0 saturated carbocycles. The summed E-state index contributed by atoms with van der Waals surface area (Å²) in [4.78, 5) is 27.2. The first-order valence-electron chi connectivity index (χ1n) is 8.54. The van der Waals surface area contributed by atoms with Gasteiger partial charge in [-0.3, -0.25) is 14.3 Å². The van der Waals surface area contributed by atoms with Crippen molar-refractivity contribution in [1.82, 2.24) is 14.9 Å². The molecule has 0 atom stereocenters. The predicted octanol–water partition coefficient (Wildman–Crippen LogP) is 2.10. The summed E-state index contributed by atoms with van der Waals surface area (Å²) in [6.45, 7) is 1.93. The van der Waals surface area contributed by atoms with Gasteiger partial charge in [-0.15, -0.1) is 0 Å². The minimum absolute atomic E-state index is 0.163. The molecular formula is C19H21FN4O2S. The van der Waals surface area contributed by atoms with E-state index in [9.17, 15) is 14.0 Å². The van der Waals surface area contributed by atoms with E-state index in [0.29, 0.717) is 17.3 Å². The summed E-state index contributed by atoms with van der Waals surface area (Å²) in [6, 6.07) is 13.1. The number of halogens is 1. The van der Waals surface area contributed by atoms with Gasteiger partial charge in [0, 0.05) is 35.3 Å². The van der Waals surface area contributed by atoms with Gasteiger partial charge in [0.15, 0.2) is 0 Å². The second-order valence-electron chi connectivity index (χ2n) is 6.40. The lowest BCUT2D eigenvalue weighted by Crippen LogP contribution is -2.54. The van der Waals surface area contributed by atoms with E-state index in [1.54, 1.807) is 11.9 Å². The van der Waals surface area contributed by atoms with E-state index in [1.165, 1.54) is 24.3 Å². The number of anilines is 1. The molecule has 1 aliphatic rings. The largest absolute Gasteiger partial charge is 0.343 e. The van der Waals surface area contributed by atoms with Crippen molar-refractivity contribution in [2.45, 2.75) is 10.9 Å². The fourth-order valence-corrected chi connectivity index (χ4v) is 3.32. The van der Waals surface area contributed by atoms with Crippen molar-refractivity contribution in [3.8, 4) is 0 Å². The number of likely N-dealkylation sites (N-methyl/N-ethyl adjacent to an activating group) is 1. The highest BCUT2D eigenvalue weighted by Gasteiger charge is 2.22. The van der Waals surface area contributed by atoms with E-state index >= 15 is 0 Å². The van der Waals surface area contributed by atoms with Crippen molar-refractivity contribution < 1.29 is 14.0 Å².